The first-order valence-electron chi connectivity index (χ1n) is 19.9. The van der Waals surface area contributed by atoms with Crippen molar-refractivity contribution in [3.8, 4) is 0 Å². The monoisotopic (exact) mass is 1100 g/mol. The first-order valence-corrected chi connectivity index (χ1v) is 30.7. The van der Waals surface area contributed by atoms with Crippen LogP contribution >= 0.6 is 36.2 Å². The van der Waals surface area contributed by atoms with Gasteiger partial charge in [0.25, 0.3) is 23.6 Å². The van der Waals surface area contributed by atoms with E-state index in [-0.39, 0.29) is 101 Å². The molecule has 27 heteroatoms. The van der Waals surface area contributed by atoms with Crippen molar-refractivity contribution in [1.82, 2.24) is 31.1 Å². The zero-order valence-electron chi connectivity index (χ0n) is 36.4. The average Bonchev–Trinajstić information content (AvgIpc) is 3.80. The lowest BCUT2D eigenvalue weighted by atomic mass is 10.1. The normalized spacial score (nSPS) is 13.0. The van der Waals surface area contributed by atoms with E-state index < -0.39 is 11.8 Å². The molecule has 0 spiro atoms. The highest BCUT2D eigenvalue weighted by Crippen LogP contribution is 2.10. The van der Waals surface area contributed by atoms with E-state index in [1.165, 1.54) is 31.4 Å². The maximum atomic E-state index is 11.9. The number of likely N-dealkylation sites (N-methyl/N-ethyl adjacent to an activating group) is 1. The van der Waals surface area contributed by atoms with Crippen molar-refractivity contribution in [2.75, 3.05) is 71.5 Å². The quantitative estimate of drug-likeness (QED) is 0.0253. The van der Waals surface area contributed by atoms with Crippen LogP contribution in [0.3, 0.4) is 0 Å². The number of rotatable bonds is 28. The Bertz CT molecular complexity index is 1460. The molecule has 2 aliphatic heterocycles. The molecule has 0 aromatic rings. The summed E-state index contributed by atoms with van der Waals surface area (Å²) in [6.07, 6.45) is 11.9. The highest BCUT2D eigenvalue weighted by molar-refractivity contribution is 8.40. The fraction of sp³-hybridized carbons (Fsp3) is 0.684. The fourth-order valence-corrected chi connectivity index (χ4v) is 5.50. The summed E-state index contributed by atoms with van der Waals surface area (Å²) < 4.78 is 0. The lowest BCUT2D eigenvalue weighted by molar-refractivity contribution is -0.139. The molecule has 2 heterocycles. The molecule has 10 N–H and O–H groups in total. The molecule has 0 aromatic carbocycles. The van der Waals surface area contributed by atoms with Gasteiger partial charge in [-0.2, -0.15) is 0 Å². The van der Waals surface area contributed by atoms with Crippen LogP contribution < -0.4 is 38.5 Å². The Hall–Kier alpha value is -1.56. The van der Waals surface area contributed by atoms with Gasteiger partial charge in [0.1, 0.15) is 0 Å². The summed E-state index contributed by atoms with van der Waals surface area (Å²) in [5, 5.41) is 11.5. The summed E-state index contributed by atoms with van der Waals surface area (Å²) in [5.41, 5.74) is 15.2. The van der Waals surface area contributed by atoms with Crippen LogP contribution in [-0.2, 0) is 97.4 Å². The van der Waals surface area contributed by atoms with E-state index in [2.05, 4.69) is 88.1 Å². The first-order chi connectivity index (χ1) is 30.2. The molecule has 0 aliphatic carbocycles. The van der Waals surface area contributed by atoms with Crippen molar-refractivity contribution in [3.05, 3.63) is 24.3 Å². The number of imide groups is 2. The van der Waals surface area contributed by atoms with Crippen molar-refractivity contribution < 1.29 is 38.4 Å². The number of amides is 6. The van der Waals surface area contributed by atoms with E-state index in [4.69, 9.17) is 23.3 Å². The number of carbonyl (C=O) groups excluding carboxylic acids is 8. The molecule has 2 rings (SSSR count). The number of ketones is 2. The SMILES string of the molecule is C.C.CCNC(CCCCNC(=O)CCN1C(=O)C=CC1=O)C(=O)CP=S.CCP=S.CCP=S.CN.NCNC(CCCCNC(=O)CCN1C(=O)C=CC1=O)C(=O)CN.S=PP=S. The highest BCUT2D eigenvalue weighted by atomic mass is 32.7. The van der Waals surface area contributed by atoms with Crippen LogP contribution in [-0.4, -0.2) is 140 Å². The number of nitrogens with two attached hydrogens (primary N) is 3. The molecule has 2 aliphatic rings. The van der Waals surface area contributed by atoms with E-state index in [1.54, 1.807) is 0 Å². The van der Waals surface area contributed by atoms with Crippen molar-refractivity contribution >= 4 is 142 Å². The Morgan fingerprint density at radius 3 is 1.23 bits per heavy atom. The summed E-state index contributed by atoms with van der Waals surface area (Å²) in [7, 11) is 6.06. The smallest absolute Gasteiger partial charge is 0.253 e. The summed E-state index contributed by atoms with van der Waals surface area (Å²) >= 11 is 22.7. The Morgan fingerprint density at radius 1 is 0.600 bits per heavy atom. The Morgan fingerprint density at radius 2 is 0.954 bits per heavy atom. The van der Waals surface area contributed by atoms with Gasteiger partial charge in [0.2, 0.25) is 11.8 Å². The van der Waals surface area contributed by atoms with Crippen LogP contribution in [0.25, 0.3) is 0 Å². The summed E-state index contributed by atoms with van der Waals surface area (Å²) in [6.45, 7) is 8.12. The van der Waals surface area contributed by atoms with E-state index in [0.29, 0.717) is 39.4 Å². The van der Waals surface area contributed by atoms with Crippen molar-refractivity contribution in [1.29, 1.82) is 0 Å². The van der Waals surface area contributed by atoms with Crippen LogP contribution in [0.1, 0.15) is 87.0 Å². The van der Waals surface area contributed by atoms with Crippen molar-refractivity contribution in [3.63, 3.8) is 0 Å². The van der Waals surface area contributed by atoms with Crippen LogP contribution in [0.5, 0.6) is 0 Å². The maximum absolute atomic E-state index is 11.9. The maximum Gasteiger partial charge on any atom is 0.253 e. The molecule has 17 nitrogen and oxygen atoms in total. The third-order valence-corrected chi connectivity index (χ3v) is 13.3. The van der Waals surface area contributed by atoms with Gasteiger partial charge < -0.3 is 33.2 Å². The molecule has 0 bridgehead atoms. The number of unbranched alkanes of at least 4 members (excludes halogenated alkanes) is 2. The molecular formula is C38H72N9O8P5S5. The first kappa shape index (κ1) is 75.0. The van der Waals surface area contributed by atoms with E-state index in [1.807, 2.05) is 6.92 Å². The minimum absolute atomic E-state index is 0. The number of nitrogens with zero attached hydrogens (tertiary/aromatic N) is 2. The molecule has 0 fully saturated rings. The van der Waals surface area contributed by atoms with Gasteiger partial charge in [-0.05, 0) is 110 Å². The largest absolute Gasteiger partial charge is 0.356 e. The minimum Gasteiger partial charge on any atom is -0.356 e. The van der Waals surface area contributed by atoms with E-state index in [0.717, 1.165) is 83.2 Å². The third kappa shape index (κ3) is 43.5. The molecule has 2 atom stereocenters. The Balaban J connectivity index is -0.000000203. The molecule has 0 saturated carbocycles. The predicted molar refractivity (Wildman–Crippen MR) is 288 cm³/mol. The third-order valence-electron chi connectivity index (χ3n) is 7.71. The molecule has 0 saturated heterocycles. The van der Waals surface area contributed by atoms with Gasteiger partial charge in [-0.3, -0.25) is 53.5 Å². The summed E-state index contributed by atoms with van der Waals surface area (Å²) in [4.78, 5) is 94.3. The molecular weight excluding hydrogens is 1030 g/mol. The number of nitrogens with one attached hydrogen (secondary N) is 4. The molecule has 65 heavy (non-hydrogen) atoms. The van der Waals surface area contributed by atoms with Crippen LogP contribution in [0.2, 0.25) is 0 Å². The van der Waals surface area contributed by atoms with Gasteiger partial charge in [-0.25, -0.2) is 0 Å². The highest BCUT2D eigenvalue weighted by Gasteiger charge is 2.24. The predicted octanol–water partition coefficient (Wildman–Crippen LogP) is 3.93. The van der Waals surface area contributed by atoms with Gasteiger partial charge >= 0.3 is 0 Å². The molecule has 0 aromatic heterocycles. The summed E-state index contributed by atoms with van der Waals surface area (Å²) in [6, 6.07) is -0.522. The number of carbonyl (C=O) groups is 8. The molecule has 2 unspecified atom stereocenters. The fourth-order valence-electron chi connectivity index (χ4n) is 4.77. The van der Waals surface area contributed by atoms with Crippen LogP contribution in [0, 0.1) is 0 Å². The number of Topliss-reactive ketones (excluding diaryl/α,β-unsaturated/α-hetero) is 2. The van der Waals surface area contributed by atoms with Crippen molar-refractivity contribution in [2.24, 2.45) is 17.2 Å². The number of hydrogen-bond acceptors (Lipinski definition) is 18. The molecule has 6 amide bonds. The topological polar surface area (TPSA) is 269 Å². The standard InChI is InChI=1S/C16H24N3O4PS.C15H25N5O4.2C2H5PS.CH5N.2CH4.P2S2/c1-2-17-12(13(20)11-24-25)5-3-4-9-18-14(21)8-10-19-15(22)6-7-16(19)23;16-9-12(21)11(19-10-17)3-1-2-7-18-13(22)6-8-20-14(23)4-5-15(20)24;2*1-2-3-4;1-2;;;3-1-2-4/h6-7,12,17H,2-5,8-11H2,1H3,(H,18,21);4-5,11,19H,1-3,6-10,16-17H2,(H,18,22);2*2H2,1H3;2H2,1H3;2*1H4;. The van der Waals surface area contributed by atoms with E-state index >= 15 is 0 Å². The zero-order valence-corrected chi connectivity index (χ0v) is 44.9. The summed E-state index contributed by atoms with van der Waals surface area (Å²) in [5.74, 6) is -1.92. The molecule has 372 valence electrons. The van der Waals surface area contributed by atoms with Gasteiger partial charge in [0, 0.05) is 84.1 Å². The second-order valence-electron chi connectivity index (χ2n) is 12.1. The minimum atomic E-state index is -0.393. The van der Waals surface area contributed by atoms with Crippen molar-refractivity contribution in [2.45, 2.75) is 99.1 Å². The lowest BCUT2D eigenvalue weighted by Gasteiger charge is -2.16. The Kier molecular flexibility index (Phi) is 63.5. The average molecular weight is 1100 g/mol. The van der Waals surface area contributed by atoms with Crippen LogP contribution in [0.4, 0.5) is 0 Å². The van der Waals surface area contributed by atoms with Crippen LogP contribution in [0.15, 0.2) is 24.3 Å². The van der Waals surface area contributed by atoms with Gasteiger partial charge in [-0.15, -0.1) is 0 Å². The van der Waals surface area contributed by atoms with Gasteiger partial charge in [-0.1, -0.05) is 71.0 Å². The zero-order chi connectivity index (χ0) is 48.8. The number of hydrogen-bond donors (Lipinski definition) is 7. The lowest BCUT2D eigenvalue weighted by Crippen LogP contribution is -2.42. The van der Waals surface area contributed by atoms with Gasteiger partial charge in [0.05, 0.1) is 24.8 Å². The van der Waals surface area contributed by atoms with E-state index in [9.17, 15) is 38.4 Å². The second kappa shape index (κ2) is 55.0. The second-order valence-corrected chi connectivity index (χ2v) is 21.0. The molecule has 0 radical (unpaired) electrons. The Labute approximate surface area is 421 Å². The van der Waals surface area contributed by atoms with Gasteiger partial charge in [0.15, 0.2) is 11.6 Å².